The molecule has 0 radical (unpaired) electrons. The molecule has 5 heteroatoms. The highest BCUT2D eigenvalue weighted by Gasteiger charge is 2.44. The van der Waals surface area contributed by atoms with Crippen LogP contribution in [0, 0.1) is 0 Å². The van der Waals surface area contributed by atoms with Gasteiger partial charge in [0.1, 0.15) is 5.54 Å². The van der Waals surface area contributed by atoms with Gasteiger partial charge >= 0.3 is 5.97 Å². The van der Waals surface area contributed by atoms with Crippen LogP contribution in [0.1, 0.15) is 45.4 Å². The van der Waals surface area contributed by atoms with E-state index >= 15 is 0 Å². The van der Waals surface area contributed by atoms with Crippen LogP contribution in [0.3, 0.4) is 0 Å². The lowest BCUT2D eigenvalue weighted by Gasteiger charge is -2.41. The third kappa shape index (κ3) is 3.32. The smallest absolute Gasteiger partial charge is 0.323 e. The maximum Gasteiger partial charge on any atom is 0.323 e. The molecular weight excluding hydrogens is 256 g/mol. The molecule has 0 aromatic carbocycles. The van der Waals surface area contributed by atoms with Crippen LogP contribution in [0.5, 0.6) is 0 Å². The van der Waals surface area contributed by atoms with E-state index in [4.69, 9.17) is 4.74 Å². The van der Waals surface area contributed by atoms with Crippen molar-refractivity contribution in [3.63, 3.8) is 0 Å². The predicted molar refractivity (Wildman–Crippen MR) is 77.9 cm³/mol. The van der Waals surface area contributed by atoms with Crippen molar-refractivity contribution in [2.24, 2.45) is 0 Å². The van der Waals surface area contributed by atoms with Gasteiger partial charge in [-0.3, -0.25) is 9.69 Å². The number of nitrogens with one attached hydrogen (secondary N) is 1. The molecule has 1 saturated carbocycles. The first-order chi connectivity index (χ1) is 9.61. The predicted octanol–water partition coefficient (Wildman–Crippen LogP) is 1.47. The fourth-order valence-corrected chi connectivity index (χ4v) is 3.63. The number of rotatable bonds is 6. The molecular formula is C15H28N2O3. The molecule has 0 spiro atoms. The fourth-order valence-electron chi connectivity index (χ4n) is 3.63. The van der Waals surface area contributed by atoms with Crippen LogP contribution in [0.25, 0.3) is 0 Å². The van der Waals surface area contributed by atoms with Gasteiger partial charge in [-0.25, -0.2) is 0 Å². The SMILES string of the molecule is CCCNC1(C(=O)O)CCCC(N2CCC(OC)C2)C1. The minimum atomic E-state index is -0.718. The first kappa shape index (κ1) is 15.7. The summed E-state index contributed by atoms with van der Waals surface area (Å²) in [5.41, 5.74) is -0.718. The topological polar surface area (TPSA) is 61.8 Å². The number of methoxy groups -OCH3 is 1. The van der Waals surface area contributed by atoms with E-state index in [0.29, 0.717) is 12.1 Å². The number of carboxylic acid groups (broad SMARTS) is 1. The minimum Gasteiger partial charge on any atom is -0.480 e. The maximum absolute atomic E-state index is 11.8. The van der Waals surface area contributed by atoms with Crippen molar-refractivity contribution in [2.75, 3.05) is 26.7 Å². The quantitative estimate of drug-likeness (QED) is 0.773. The first-order valence-corrected chi connectivity index (χ1v) is 7.86. The molecule has 5 nitrogen and oxygen atoms in total. The van der Waals surface area contributed by atoms with Gasteiger partial charge in [0.25, 0.3) is 0 Å². The van der Waals surface area contributed by atoms with Crippen molar-refractivity contribution in [1.82, 2.24) is 10.2 Å². The van der Waals surface area contributed by atoms with Crippen LogP contribution in [0.4, 0.5) is 0 Å². The van der Waals surface area contributed by atoms with Crippen LogP contribution in [0.15, 0.2) is 0 Å². The van der Waals surface area contributed by atoms with Crippen molar-refractivity contribution in [3.8, 4) is 0 Å². The van der Waals surface area contributed by atoms with E-state index in [-0.39, 0.29) is 0 Å². The monoisotopic (exact) mass is 284 g/mol. The fraction of sp³-hybridized carbons (Fsp3) is 0.933. The molecule has 2 aliphatic rings. The Bertz CT molecular complexity index is 337. The molecule has 2 fully saturated rings. The second-order valence-electron chi connectivity index (χ2n) is 6.21. The molecule has 0 bridgehead atoms. The first-order valence-electron chi connectivity index (χ1n) is 7.86. The maximum atomic E-state index is 11.8. The summed E-state index contributed by atoms with van der Waals surface area (Å²) in [6.45, 7) is 4.84. The van der Waals surface area contributed by atoms with Crippen LogP contribution >= 0.6 is 0 Å². The average Bonchev–Trinajstić information content (AvgIpc) is 2.94. The second-order valence-corrected chi connectivity index (χ2v) is 6.21. The summed E-state index contributed by atoms with van der Waals surface area (Å²) in [6, 6.07) is 0.379. The number of likely N-dealkylation sites (tertiary alicyclic amines) is 1. The Morgan fingerprint density at radius 2 is 2.30 bits per heavy atom. The molecule has 0 aromatic heterocycles. The average molecular weight is 284 g/mol. The van der Waals surface area contributed by atoms with Gasteiger partial charge in [0.05, 0.1) is 6.10 Å². The van der Waals surface area contributed by atoms with Crippen molar-refractivity contribution in [1.29, 1.82) is 0 Å². The van der Waals surface area contributed by atoms with E-state index < -0.39 is 11.5 Å². The van der Waals surface area contributed by atoms with E-state index in [0.717, 1.165) is 58.2 Å². The molecule has 3 atom stereocenters. The summed E-state index contributed by atoms with van der Waals surface area (Å²) >= 11 is 0. The number of hydrogen-bond donors (Lipinski definition) is 2. The van der Waals surface area contributed by atoms with Gasteiger partial charge in [0.2, 0.25) is 0 Å². The molecule has 1 saturated heterocycles. The molecule has 2 rings (SSSR count). The molecule has 2 N–H and O–H groups in total. The van der Waals surface area contributed by atoms with Crippen molar-refractivity contribution < 1.29 is 14.6 Å². The van der Waals surface area contributed by atoms with Crippen LogP contribution in [0.2, 0.25) is 0 Å². The summed E-state index contributed by atoms with van der Waals surface area (Å²) in [6.07, 6.45) is 5.92. The third-order valence-electron chi connectivity index (χ3n) is 4.87. The molecule has 1 aliphatic carbocycles. The van der Waals surface area contributed by atoms with Crippen molar-refractivity contribution in [2.45, 2.75) is 63.1 Å². The molecule has 116 valence electrons. The van der Waals surface area contributed by atoms with Crippen LogP contribution < -0.4 is 5.32 Å². The number of carbonyl (C=O) groups is 1. The Hall–Kier alpha value is -0.650. The lowest BCUT2D eigenvalue weighted by Crippen LogP contribution is -2.58. The van der Waals surface area contributed by atoms with E-state index in [2.05, 4.69) is 17.1 Å². The number of aliphatic carboxylic acids is 1. The minimum absolute atomic E-state index is 0.319. The molecule has 3 unspecified atom stereocenters. The van der Waals surface area contributed by atoms with E-state index in [1.165, 1.54) is 0 Å². The lowest BCUT2D eigenvalue weighted by atomic mass is 9.78. The Morgan fingerprint density at radius 3 is 2.90 bits per heavy atom. The largest absolute Gasteiger partial charge is 0.480 e. The van der Waals surface area contributed by atoms with Gasteiger partial charge in [-0.15, -0.1) is 0 Å². The zero-order valence-corrected chi connectivity index (χ0v) is 12.7. The zero-order chi connectivity index (χ0) is 14.6. The highest BCUT2D eigenvalue weighted by Crippen LogP contribution is 2.33. The number of carboxylic acids is 1. The normalized spacial score (nSPS) is 35.3. The standard InChI is InChI=1S/C15H28N2O3/c1-3-8-16-15(14(18)19)7-4-5-12(10-15)17-9-6-13(11-17)20-2/h12-13,16H,3-11H2,1-2H3,(H,18,19). The van der Waals surface area contributed by atoms with Gasteiger partial charge in [-0.05, 0) is 45.1 Å². The number of ether oxygens (including phenoxy) is 1. The summed E-state index contributed by atoms with van der Waals surface area (Å²) in [5.74, 6) is -0.682. The highest BCUT2D eigenvalue weighted by atomic mass is 16.5. The van der Waals surface area contributed by atoms with Crippen LogP contribution in [-0.2, 0) is 9.53 Å². The van der Waals surface area contributed by atoms with E-state index in [1.807, 2.05) is 0 Å². The Labute approximate surface area is 121 Å². The van der Waals surface area contributed by atoms with Crippen molar-refractivity contribution >= 4 is 5.97 Å². The van der Waals surface area contributed by atoms with Gasteiger partial charge in [0, 0.05) is 26.2 Å². The summed E-state index contributed by atoms with van der Waals surface area (Å²) in [5, 5.41) is 13.0. The van der Waals surface area contributed by atoms with Gasteiger partial charge in [-0.1, -0.05) is 6.92 Å². The van der Waals surface area contributed by atoms with E-state index in [9.17, 15) is 9.90 Å². The molecule has 1 aliphatic heterocycles. The molecule has 1 heterocycles. The zero-order valence-electron chi connectivity index (χ0n) is 12.7. The lowest BCUT2D eigenvalue weighted by molar-refractivity contribution is -0.147. The van der Waals surface area contributed by atoms with Gasteiger partial charge in [0.15, 0.2) is 0 Å². The third-order valence-corrected chi connectivity index (χ3v) is 4.87. The van der Waals surface area contributed by atoms with Crippen LogP contribution in [-0.4, -0.2) is 60.4 Å². The summed E-state index contributed by atoms with van der Waals surface area (Å²) < 4.78 is 5.42. The van der Waals surface area contributed by atoms with E-state index in [1.54, 1.807) is 7.11 Å². The highest BCUT2D eigenvalue weighted by molar-refractivity contribution is 5.79. The van der Waals surface area contributed by atoms with Crippen molar-refractivity contribution in [3.05, 3.63) is 0 Å². The van der Waals surface area contributed by atoms with Gasteiger partial charge in [-0.2, -0.15) is 0 Å². The second kappa shape index (κ2) is 6.87. The molecule has 0 aromatic rings. The van der Waals surface area contributed by atoms with Gasteiger partial charge < -0.3 is 15.2 Å². The summed E-state index contributed by atoms with van der Waals surface area (Å²) in [7, 11) is 1.76. The number of hydrogen-bond acceptors (Lipinski definition) is 4. The number of nitrogens with zero attached hydrogens (tertiary/aromatic N) is 1. The Balaban J connectivity index is 2.00. The molecule has 0 amide bonds. The summed E-state index contributed by atoms with van der Waals surface area (Å²) in [4.78, 5) is 14.2. The Kier molecular flexibility index (Phi) is 5.41. The molecule has 20 heavy (non-hydrogen) atoms. The Morgan fingerprint density at radius 1 is 1.50 bits per heavy atom.